The van der Waals surface area contributed by atoms with Crippen molar-refractivity contribution in [2.24, 2.45) is 0 Å². The Labute approximate surface area is 223 Å². The standard InChI is InChI=1S/C37H21NO/c1-2-12-23-22(11-1)21-31(25-14-4-3-13-24(23)25)35-28-17-7-6-16-27(28)34-36(38-35)29-18-8-5-15-26(29)33-30-19-9-10-20-32(30)39-37(33)34/h1-21H. The number of hydrogen-bond acceptors (Lipinski definition) is 2. The lowest BCUT2D eigenvalue weighted by molar-refractivity contribution is 0.673. The Morgan fingerprint density at radius 3 is 1.79 bits per heavy atom. The van der Waals surface area contributed by atoms with E-state index in [1.165, 1.54) is 26.9 Å². The van der Waals surface area contributed by atoms with Crippen LogP contribution in [0.2, 0.25) is 0 Å². The van der Waals surface area contributed by atoms with E-state index in [2.05, 4.69) is 121 Å². The Hall–Kier alpha value is -5.21. The third-order valence-corrected chi connectivity index (χ3v) is 8.21. The Morgan fingerprint density at radius 1 is 0.436 bits per heavy atom. The fourth-order valence-electron chi connectivity index (χ4n) is 6.54. The summed E-state index contributed by atoms with van der Waals surface area (Å²) < 4.78 is 6.62. The predicted molar refractivity (Wildman–Crippen MR) is 164 cm³/mol. The summed E-state index contributed by atoms with van der Waals surface area (Å²) in [6.07, 6.45) is 0. The van der Waals surface area contributed by atoms with E-state index < -0.39 is 0 Å². The fraction of sp³-hybridized carbons (Fsp3) is 0. The molecular formula is C37H21NO. The Morgan fingerprint density at radius 2 is 1.00 bits per heavy atom. The summed E-state index contributed by atoms with van der Waals surface area (Å²) >= 11 is 0. The van der Waals surface area contributed by atoms with Gasteiger partial charge in [0.1, 0.15) is 11.2 Å². The molecule has 2 heteroatoms. The molecule has 39 heavy (non-hydrogen) atoms. The molecule has 0 saturated carbocycles. The first-order valence-corrected chi connectivity index (χ1v) is 13.3. The molecule has 180 valence electrons. The number of furan rings is 1. The zero-order valence-electron chi connectivity index (χ0n) is 21.0. The second kappa shape index (κ2) is 7.66. The summed E-state index contributed by atoms with van der Waals surface area (Å²) in [5, 5.41) is 12.9. The van der Waals surface area contributed by atoms with E-state index in [1.54, 1.807) is 0 Å². The summed E-state index contributed by atoms with van der Waals surface area (Å²) in [5.74, 6) is 0. The maximum Gasteiger partial charge on any atom is 0.146 e. The van der Waals surface area contributed by atoms with Crippen molar-refractivity contribution < 1.29 is 4.42 Å². The van der Waals surface area contributed by atoms with Crippen molar-refractivity contribution in [2.75, 3.05) is 0 Å². The van der Waals surface area contributed by atoms with Crippen LogP contribution in [0.4, 0.5) is 0 Å². The molecule has 0 unspecified atom stereocenters. The van der Waals surface area contributed by atoms with Crippen molar-refractivity contribution in [3.05, 3.63) is 127 Å². The first kappa shape index (κ1) is 20.8. The van der Waals surface area contributed by atoms with Gasteiger partial charge >= 0.3 is 0 Å². The van der Waals surface area contributed by atoms with E-state index >= 15 is 0 Å². The first-order valence-electron chi connectivity index (χ1n) is 13.3. The maximum atomic E-state index is 6.62. The van der Waals surface area contributed by atoms with Crippen molar-refractivity contribution >= 4 is 75.9 Å². The van der Waals surface area contributed by atoms with E-state index in [1.807, 2.05) is 6.07 Å². The molecule has 2 heterocycles. The Kier molecular flexibility index (Phi) is 4.08. The van der Waals surface area contributed by atoms with E-state index in [-0.39, 0.29) is 0 Å². The van der Waals surface area contributed by atoms with Crippen molar-refractivity contribution in [2.45, 2.75) is 0 Å². The van der Waals surface area contributed by atoms with Gasteiger partial charge in [0.25, 0.3) is 0 Å². The van der Waals surface area contributed by atoms with Crippen LogP contribution in [-0.2, 0) is 0 Å². The van der Waals surface area contributed by atoms with Crippen LogP contribution in [0.5, 0.6) is 0 Å². The minimum absolute atomic E-state index is 0.902. The Balaban J connectivity index is 1.55. The lowest BCUT2D eigenvalue weighted by Gasteiger charge is -2.15. The van der Waals surface area contributed by atoms with Gasteiger partial charge < -0.3 is 4.42 Å². The molecule has 7 aromatic carbocycles. The second-order valence-corrected chi connectivity index (χ2v) is 10.3. The lowest BCUT2D eigenvalue weighted by Crippen LogP contribution is -1.93. The van der Waals surface area contributed by atoms with Gasteiger partial charge in [-0.3, -0.25) is 0 Å². The van der Waals surface area contributed by atoms with E-state index in [0.717, 1.165) is 60.3 Å². The number of rotatable bonds is 1. The molecule has 0 saturated heterocycles. The van der Waals surface area contributed by atoms with Gasteiger partial charge in [-0.15, -0.1) is 0 Å². The number of para-hydroxylation sites is 1. The normalized spacial score (nSPS) is 12.1. The van der Waals surface area contributed by atoms with Crippen LogP contribution in [0.1, 0.15) is 0 Å². The number of pyridine rings is 1. The van der Waals surface area contributed by atoms with Gasteiger partial charge in [0.05, 0.1) is 16.6 Å². The minimum atomic E-state index is 0.902. The fourth-order valence-corrected chi connectivity index (χ4v) is 6.54. The molecule has 9 aromatic rings. The quantitative estimate of drug-likeness (QED) is 0.212. The molecular weight excluding hydrogens is 474 g/mol. The predicted octanol–water partition coefficient (Wildman–Crippen LogP) is 10.4. The molecule has 0 aliphatic rings. The molecule has 0 bridgehead atoms. The molecule has 9 rings (SSSR count). The van der Waals surface area contributed by atoms with Gasteiger partial charge in [0, 0.05) is 27.1 Å². The van der Waals surface area contributed by atoms with Crippen molar-refractivity contribution in [3.8, 4) is 11.3 Å². The summed E-state index contributed by atoms with van der Waals surface area (Å²) in [7, 11) is 0. The number of aromatic nitrogens is 1. The van der Waals surface area contributed by atoms with Crippen LogP contribution in [0.3, 0.4) is 0 Å². The van der Waals surface area contributed by atoms with Crippen LogP contribution in [-0.4, -0.2) is 4.98 Å². The number of hydrogen-bond donors (Lipinski definition) is 0. The summed E-state index contributed by atoms with van der Waals surface area (Å²) in [6, 6.07) is 45.2. The smallest absolute Gasteiger partial charge is 0.146 e. The van der Waals surface area contributed by atoms with E-state index in [0.29, 0.717) is 0 Å². The van der Waals surface area contributed by atoms with Gasteiger partial charge in [-0.2, -0.15) is 0 Å². The Bertz CT molecular complexity index is 2450. The second-order valence-electron chi connectivity index (χ2n) is 10.3. The van der Waals surface area contributed by atoms with Gasteiger partial charge in [0.15, 0.2) is 0 Å². The lowest BCUT2D eigenvalue weighted by atomic mass is 9.91. The van der Waals surface area contributed by atoms with Gasteiger partial charge in [-0.25, -0.2) is 4.98 Å². The van der Waals surface area contributed by atoms with Gasteiger partial charge in [-0.05, 0) is 44.5 Å². The first-order chi connectivity index (χ1) is 19.4. The molecule has 2 aromatic heterocycles. The highest BCUT2D eigenvalue weighted by Gasteiger charge is 2.21. The zero-order chi connectivity index (χ0) is 25.5. The van der Waals surface area contributed by atoms with Crippen LogP contribution >= 0.6 is 0 Å². The minimum Gasteiger partial charge on any atom is -0.455 e. The van der Waals surface area contributed by atoms with Crippen LogP contribution in [0.15, 0.2) is 132 Å². The van der Waals surface area contributed by atoms with Crippen LogP contribution < -0.4 is 0 Å². The molecule has 0 N–H and O–H groups in total. The van der Waals surface area contributed by atoms with Crippen molar-refractivity contribution in [1.29, 1.82) is 0 Å². The SMILES string of the molecule is c1ccc2c(c1)cc(-c1nc3c4ccccc4c4c5ccccc5oc4c3c3ccccc13)c1ccccc12. The maximum absolute atomic E-state index is 6.62. The molecule has 0 fully saturated rings. The van der Waals surface area contributed by atoms with Gasteiger partial charge in [0.2, 0.25) is 0 Å². The molecule has 0 spiro atoms. The van der Waals surface area contributed by atoms with Crippen LogP contribution in [0, 0.1) is 0 Å². The van der Waals surface area contributed by atoms with Crippen molar-refractivity contribution in [3.63, 3.8) is 0 Å². The molecule has 0 radical (unpaired) electrons. The average molecular weight is 496 g/mol. The van der Waals surface area contributed by atoms with Crippen LogP contribution in [0.25, 0.3) is 87.2 Å². The monoisotopic (exact) mass is 495 g/mol. The number of fused-ring (bicyclic) bond motifs is 13. The highest BCUT2D eigenvalue weighted by atomic mass is 16.3. The summed E-state index contributed by atoms with van der Waals surface area (Å²) in [5.41, 5.74) is 4.93. The number of nitrogens with zero attached hydrogens (tertiary/aromatic N) is 1. The molecule has 0 aliphatic heterocycles. The highest BCUT2D eigenvalue weighted by molar-refractivity contribution is 6.34. The molecule has 2 nitrogen and oxygen atoms in total. The largest absolute Gasteiger partial charge is 0.455 e. The highest BCUT2D eigenvalue weighted by Crippen LogP contribution is 2.45. The molecule has 0 aliphatic carbocycles. The van der Waals surface area contributed by atoms with E-state index in [4.69, 9.17) is 9.40 Å². The third kappa shape index (κ3) is 2.78. The van der Waals surface area contributed by atoms with E-state index in [9.17, 15) is 0 Å². The molecule has 0 amide bonds. The average Bonchev–Trinajstić information content (AvgIpc) is 3.40. The topological polar surface area (TPSA) is 26.0 Å². The molecule has 0 atom stereocenters. The number of benzene rings is 7. The zero-order valence-corrected chi connectivity index (χ0v) is 21.0. The third-order valence-electron chi connectivity index (χ3n) is 8.21. The summed E-state index contributed by atoms with van der Waals surface area (Å²) in [4.78, 5) is 5.52. The van der Waals surface area contributed by atoms with Gasteiger partial charge in [-0.1, -0.05) is 115 Å². The summed E-state index contributed by atoms with van der Waals surface area (Å²) in [6.45, 7) is 0. The van der Waals surface area contributed by atoms with Crippen molar-refractivity contribution in [1.82, 2.24) is 4.98 Å².